The highest BCUT2D eigenvalue weighted by Gasteiger charge is 2.53. The van der Waals surface area contributed by atoms with E-state index in [9.17, 15) is 28.0 Å². The van der Waals surface area contributed by atoms with Gasteiger partial charge in [-0.2, -0.15) is 0 Å². The highest BCUT2D eigenvalue weighted by atomic mass is 19.3. The van der Waals surface area contributed by atoms with Crippen LogP contribution >= 0.6 is 0 Å². The Morgan fingerprint density at radius 1 is 0.758 bits per heavy atom. The van der Waals surface area contributed by atoms with Crippen molar-refractivity contribution in [2.45, 2.75) is 76.4 Å². The number of aromatic amines is 2. The lowest BCUT2D eigenvalue weighted by molar-refractivity contribution is -0.153. The molecule has 19 heteroatoms. The quantitative estimate of drug-likeness (QED) is 0.131. The van der Waals surface area contributed by atoms with Crippen molar-refractivity contribution in [1.82, 2.24) is 45.4 Å². The minimum atomic E-state index is -3.16. The third kappa shape index (κ3) is 8.25. The number of aromatic nitrogens is 5. The summed E-state index contributed by atoms with van der Waals surface area (Å²) in [5, 5.41) is 6.00. The van der Waals surface area contributed by atoms with E-state index in [4.69, 9.17) is 24.2 Å². The summed E-state index contributed by atoms with van der Waals surface area (Å²) < 4.78 is 51.2. The van der Waals surface area contributed by atoms with Gasteiger partial charge in [-0.1, -0.05) is 45.9 Å². The van der Waals surface area contributed by atoms with Crippen molar-refractivity contribution in [2.75, 3.05) is 40.5 Å². The molecule has 1 spiro atoms. The first-order valence-electron chi connectivity index (χ1n) is 20.5. The third-order valence-electron chi connectivity index (χ3n) is 11.7. The van der Waals surface area contributed by atoms with E-state index < -0.39 is 72.9 Å². The fraction of sp³-hybridized carbons (Fsp3) is 0.465. The van der Waals surface area contributed by atoms with Crippen molar-refractivity contribution in [3.8, 4) is 22.5 Å². The molecule has 6 heterocycles. The van der Waals surface area contributed by atoms with E-state index in [0.29, 0.717) is 47.9 Å². The molecule has 3 saturated heterocycles. The monoisotopic (exact) mass is 857 g/mol. The number of hydrogen-bond acceptors (Lipinski definition) is 11. The van der Waals surface area contributed by atoms with Crippen LogP contribution in [0, 0.1) is 11.8 Å². The number of pyridine rings is 1. The minimum Gasteiger partial charge on any atom is -0.453 e. The van der Waals surface area contributed by atoms with Gasteiger partial charge in [0, 0.05) is 18.2 Å². The van der Waals surface area contributed by atoms with Crippen LogP contribution in [0.25, 0.3) is 44.5 Å². The number of alkyl carbamates (subject to hydrolysis) is 2. The summed E-state index contributed by atoms with van der Waals surface area (Å²) in [5.41, 5.74) is 4.99. The predicted octanol–water partition coefficient (Wildman–Crippen LogP) is 5.85. The summed E-state index contributed by atoms with van der Waals surface area (Å²) in [6.45, 7) is 7.29. The Labute approximate surface area is 355 Å². The van der Waals surface area contributed by atoms with Crippen molar-refractivity contribution in [3.63, 3.8) is 0 Å². The van der Waals surface area contributed by atoms with Crippen molar-refractivity contribution < 1.29 is 46.9 Å². The zero-order valence-corrected chi connectivity index (χ0v) is 35.2. The van der Waals surface area contributed by atoms with E-state index in [1.807, 2.05) is 56.3 Å². The van der Waals surface area contributed by atoms with Crippen molar-refractivity contribution in [1.29, 1.82) is 0 Å². The molecule has 62 heavy (non-hydrogen) atoms. The largest absolute Gasteiger partial charge is 0.453 e. The first-order chi connectivity index (χ1) is 29.6. The van der Waals surface area contributed by atoms with E-state index in [1.54, 1.807) is 24.8 Å². The molecular formula is C43H49F2N9O8. The number of likely N-dealkylation sites (tertiary alicyclic amines) is 2. The molecule has 4 amide bonds. The number of benzene rings is 2. The zero-order valence-electron chi connectivity index (χ0n) is 35.2. The Hall–Kier alpha value is -6.21. The second-order valence-corrected chi connectivity index (χ2v) is 16.7. The number of ether oxygens (including phenoxy) is 4. The second kappa shape index (κ2) is 16.6. The van der Waals surface area contributed by atoms with E-state index in [1.165, 1.54) is 20.4 Å². The lowest BCUT2D eigenvalue weighted by Crippen LogP contribution is -2.52. The number of carbonyl (C=O) groups is 4. The lowest BCUT2D eigenvalue weighted by atomic mass is 10.0. The highest BCUT2D eigenvalue weighted by Crippen LogP contribution is 2.44. The number of rotatable bonds is 10. The first-order valence-corrected chi connectivity index (χ1v) is 20.5. The van der Waals surface area contributed by atoms with Gasteiger partial charge in [0.05, 0.1) is 86.7 Å². The number of carbonyl (C=O) groups excluding carboxylic acids is 4. The van der Waals surface area contributed by atoms with Crippen LogP contribution in [0.2, 0.25) is 0 Å². The maximum absolute atomic E-state index is 14.9. The molecule has 328 valence electrons. The van der Waals surface area contributed by atoms with Gasteiger partial charge in [-0.05, 0) is 53.3 Å². The van der Waals surface area contributed by atoms with Crippen molar-refractivity contribution in [2.24, 2.45) is 11.8 Å². The fourth-order valence-corrected chi connectivity index (χ4v) is 8.53. The Balaban J connectivity index is 1.02. The molecule has 8 rings (SSSR count). The average Bonchev–Trinajstić information content (AvgIpc) is 4.11. The number of nitrogens with zero attached hydrogens (tertiary/aromatic N) is 5. The minimum absolute atomic E-state index is 0.175. The third-order valence-corrected chi connectivity index (χ3v) is 11.7. The van der Waals surface area contributed by atoms with Crippen LogP contribution in [0.15, 0.2) is 54.7 Å². The summed E-state index contributed by atoms with van der Waals surface area (Å²) in [6.07, 6.45) is -0.295. The number of fused-ring (bicyclic) bond motifs is 2. The van der Waals surface area contributed by atoms with Crippen LogP contribution in [0.4, 0.5) is 18.4 Å². The Bertz CT molecular complexity index is 2520. The molecule has 4 N–H and O–H groups in total. The molecule has 3 aromatic heterocycles. The molecule has 17 nitrogen and oxygen atoms in total. The van der Waals surface area contributed by atoms with E-state index >= 15 is 0 Å². The molecule has 0 radical (unpaired) electrons. The number of methoxy groups -OCH3 is 2. The summed E-state index contributed by atoms with van der Waals surface area (Å²) in [5.74, 6) is -4.95. The summed E-state index contributed by atoms with van der Waals surface area (Å²) in [6, 6.07) is 11.9. The molecule has 5 aromatic rings. The van der Waals surface area contributed by atoms with Gasteiger partial charge in [-0.15, -0.1) is 0 Å². The number of H-pyrrole nitrogens is 2. The van der Waals surface area contributed by atoms with Gasteiger partial charge < -0.3 is 49.3 Å². The maximum atomic E-state index is 14.9. The molecule has 3 fully saturated rings. The predicted molar refractivity (Wildman–Crippen MR) is 220 cm³/mol. The van der Waals surface area contributed by atoms with Gasteiger partial charge in [0.15, 0.2) is 5.79 Å². The van der Waals surface area contributed by atoms with Gasteiger partial charge in [0.2, 0.25) is 11.8 Å². The smallest absolute Gasteiger partial charge is 0.407 e. The maximum Gasteiger partial charge on any atom is 0.407 e. The van der Waals surface area contributed by atoms with Crippen LogP contribution in [0.3, 0.4) is 0 Å². The molecule has 0 saturated carbocycles. The number of halogens is 2. The van der Waals surface area contributed by atoms with Gasteiger partial charge in [0.25, 0.3) is 5.92 Å². The molecule has 2 aromatic carbocycles. The second-order valence-electron chi connectivity index (χ2n) is 16.7. The topological polar surface area (TPSA) is 206 Å². The Morgan fingerprint density at radius 2 is 1.35 bits per heavy atom. The van der Waals surface area contributed by atoms with E-state index in [0.717, 1.165) is 26.9 Å². The van der Waals surface area contributed by atoms with E-state index in [-0.39, 0.29) is 24.2 Å². The lowest BCUT2D eigenvalue weighted by Gasteiger charge is -2.30. The number of imidazole rings is 2. The molecule has 0 unspecified atom stereocenters. The normalized spacial score (nSPS) is 20.4. The van der Waals surface area contributed by atoms with Crippen LogP contribution in [0.1, 0.15) is 64.3 Å². The van der Waals surface area contributed by atoms with Crippen LogP contribution in [0.5, 0.6) is 0 Å². The zero-order chi connectivity index (χ0) is 44.1. The van der Waals surface area contributed by atoms with Gasteiger partial charge in [0.1, 0.15) is 23.7 Å². The van der Waals surface area contributed by atoms with Gasteiger partial charge in [-0.3, -0.25) is 9.59 Å². The van der Waals surface area contributed by atoms with E-state index in [2.05, 4.69) is 30.3 Å². The molecule has 3 aliphatic heterocycles. The van der Waals surface area contributed by atoms with Gasteiger partial charge >= 0.3 is 12.2 Å². The fourth-order valence-electron chi connectivity index (χ4n) is 8.53. The van der Waals surface area contributed by atoms with Crippen molar-refractivity contribution in [3.05, 3.63) is 66.4 Å². The number of nitrogens with one attached hydrogen (secondary N) is 4. The number of amides is 4. The Morgan fingerprint density at radius 3 is 1.98 bits per heavy atom. The molecule has 3 aliphatic rings. The number of hydrogen-bond donors (Lipinski definition) is 4. The molecule has 0 bridgehead atoms. The van der Waals surface area contributed by atoms with Crippen LogP contribution in [-0.2, 0) is 28.5 Å². The average molecular weight is 858 g/mol. The van der Waals surface area contributed by atoms with Gasteiger partial charge in [-0.25, -0.2) is 33.3 Å². The Kier molecular flexibility index (Phi) is 11.4. The van der Waals surface area contributed by atoms with Crippen LogP contribution < -0.4 is 10.6 Å². The number of alkyl halides is 2. The van der Waals surface area contributed by atoms with Crippen molar-refractivity contribution >= 4 is 45.9 Å². The molecular weight excluding hydrogens is 809 g/mol. The molecule has 4 atom stereocenters. The van der Waals surface area contributed by atoms with Crippen LogP contribution in [-0.4, -0.2) is 123 Å². The summed E-state index contributed by atoms with van der Waals surface area (Å²) in [4.78, 5) is 75.2. The SMILES string of the molecule is COC(=O)N[C@H](C(=O)N1CC(F)(F)C[C@H]1c1ncc(-c2ccc3cc(-c4ccc5nc([C@@H]6CC7(CN6C(=O)[C@@H](NC(=O)OC)C(C)C)OCCO7)[nH]c5c4)ccc3n2)[nH]1)C(C)C. The first kappa shape index (κ1) is 42.5. The summed E-state index contributed by atoms with van der Waals surface area (Å²) >= 11 is 0. The summed E-state index contributed by atoms with van der Waals surface area (Å²) in [7, 11) is 2.42. The highest BCUT2D eigenvalue weighted by molar-refractivity contribution is 5.90. The standard InChI is InChI=1S/C43H49F2N9O8/c1-22(2)34(51-40(57)59-5)38(55)53-20-42(44,45)17-32(53)36-46-19-31(50-36)29-12-9-26-15-24(7-10-27(26)47-29)25-8-11-28-30(16-25)49-37(48-28)33-18-43(61-13-14-62-43)21-54(33)39(56)35(23(3)4)52-41(58)60-6/h7-12,15-16,19,22-23,32-35H,13-14,17-18,20-21H2,1-6H3,(H,46,50)(H,48,49)(H,51,57)(H,52,58)/t32-,33-,34-,35-/m0/s1. The molecule has 0 aliphatic carbocycles.